The molecule has 0 aromatic heterocycles. The summed E-state index contributed by atoms with van der Waals surface area (Å²) in [6.07, 6.45) is 5.90. The lowest BCUT2D eigenvalue weighted by Gasteiger charge is -2.11. The van der Waals surface area contributed by atoms with Crippen molar-refractivity contribution in [1.29, 1.82) is 0 Å². The first-order chi connectivity index (χ1) is 5.70. The summed E-state index contributed by atoms with van der Waals surface area (Å²) in [5.74, 6) is 0. The minimum atomic E-state index is -2.60. The minimum absolute atomic E-state index is 1.01. The first kappa shape index (κ1) is 10.2. The molecule has 2 heterocycles. The van der Waals surface area contributed by atoms with Crippen LogP contribution in [0.2, 0.25) is 0 Å². The Morgan fingerprint density at radius 2 is 1.58 bits per heavy atom. The van der Waals surface area contributed by atoms with E-state index in [1.165, 1.54) is 38.8 Å². The van der Waals surface area contributed by atoms with E-state index in [2.05, 4.69) is 4.90 Å². The Morgan fingerprint density at radius 1 is 1.17 bits per heavy atom. The molecule has 0 radical (unpaired) electrons. The van der Waals surface area contributed by atoms with Gasteiger partial charge in [0.25, 0.3) is 10.8 Å². The maximum Gasteiger partial charge on any atom is 0.282 e. The molecule has 2 rings (SSSR count). The van der Waals surface area contributed by atoms with Crippen molar-refractivity contribution >= 4 is 0 Å². The molecule has 0 spiro atoms. The molecule has 0 aromatic rings. The van der Waals surface area contributed by atoms with Gasteiger partial charge in [0.2, 0.25) is 0 Å². The molecule has 0 bridgehead atoms. The van der Waals surface area contributed by atoms with Gasteiger partial charge in [-0.25, -0.2) is 0 Å². The van der Waals surface area contributed by atoms with Crippen molar-refractivity contribution in [2.75, 3.05) is 13.1 Å². The lowest BCUT2D eigenvalue weighted by molar-refractivity contribution is -1.63. The van der Waals surface area contributed by atoms with Crippen molar-refractivity contribution in [2.45, 2.75) is 31.7 Å². The molecule has 0 aromatic carbocycles. The molecule has 72 valence electrons. The first-order valence-corrected chi connectivity index (χ1v) is 5.14. The standard InChI is InChI=1S/C7H13N.ClHO3/c1-3-7-4-2-6-8(7)5-1;2-1(3)4/h7H,1-6H2;2H. The molecule has 0 amide bonds. The molecule has 1 N–H and O–H groups in total. The maximum atomic E-state index is 8.52. The zero-order valence-electron chi connectivity index (χ0n) is 6.91. The Labute approximate surface area is 75.2 Å². The average Bonchev–Trinajstić information content (AvgIpc) is 2.40. The monoisotopic (exact) mass is 195 g/mol. The molecule has 0 aliphatic carbocycles. The predicted molar refractivity (Wildman–Crippen MR) is 36.0 cm³/mol. The number of hydrogen-bond donors (Lipinski definition) is 1. The number of hydrogen-bond acceptors (Lipinski definition) is 4. The Morgan fingerprint density at radius 3 is 1.92 bits per heavy atom. The first-order valence-electron chi connectivity index (χ1n) is 4.18. The summed E-state index contributed by atoms with van der Waals surface area (Å²) >= 11 is 0. The molecule has 0 saturated carbocycles. The molecule has 4 nitrogen and oxygen atoms in total. The molecule has 0 atom stereocenters. The highest BCUT2D eigenvalue weighted by Crippen LogP contribution is 2.26. The summed E-state index contributed by atoms with van der Waals surface area (Å²) in [6, 6.07) is 1.01. The van der Waals surface area contributed by atoms with Gasteiger partial charge in [0.15, 0.2) is 0 Å². The van der Waals surface area contributed by atoms with Crippen molar-refractivity contribution < 1.29 is 24.8 Å². The van der Waals surface area contributed by atoms with Crippen molar-refractivity contribution in [2.24, 2.45) is 0 Å². The summed E-state index contributed by atoms with van der Waals surface area (Å²) < 4.78 is 24.0. The van der Waals surface area contributed by atoms with E-state index in [1.54, 1.807) is 0 Å². The smallest absolute Gasteiger partial charge is 0.282 e. The van der Waals surface area contributed by atoms with E-state index in [0.717, 1.165) is 6.04 Å². The van der Waals surface area contributed by atoms with Crippen LogP contribution in [0, 0.1) is 10.8 Å². The fourth-order valence-corrected chi connectivity index (χ4v) is 2.05. The summed E-state index contributed by atoms with van der Waals surface area (Å²) in [4.78, 5) is 2.64. The lowest BCUT2D eigenvalue weighted by atomic mass is 10.2. The fraction of sp³-hybridized carbons (Fsp3) is 1.00. The summed E-state index contributed by atoms with van der Waals surface area (Å²) in [6.45, 7) is 2.79. The van der Waals surface area contributed by atoms with Crippen LogP contribution in [0.4, 0.5) is 0 Å². The van der Waals surface area contributed by atoms with Gasteiger partial charge < -0.3 is 14.2 Å². The van der Waals surface area contributed by atoms with Gasteiger partial charge in [-0.3, -0.25) is 0 Å². The van der Waals surface area contributed by atoms with Gasteiger partial charge in [0.05, 0.1) is 0 Å². The second-order valence-corrected chi connectivity index (χ2v) is 3.58. The van der Waals surface area contributed by atoms with Crippen LogP contribution in [0.15, 0.2) is 0 Å². The molecular weight excluding hydrogens is 182 g/mol. The third kappa shape index (κ3) is 3.25. The van der Waals surface area contributed by atoms with Crippen LogP contribution in [0.5, 0.6) is 0 Å². The average molecular weight is 196 g/mol. The van der Waals surface area contributed by atoms with Crippen molar-refractivity contribution in [3.05, 3.63) is 0 Å². The van der Waals surface area contributed by atoms with Crippen molar-refractivity contribution in [3.63, 3.8) is 0 Å². The van der Waals surface area contributed by atoms with Crippen LogP contribution in [-0.2, 0) is 0 Å². The third-order valence-corrected chi connectivity index (χ3v) is 2.48. The van der Waals surface area contributed by atoms with E-state index in [0.29, 0.717) is 0 Å². The van der Waals surface area contributed by atoms with Gasteiger partial charge in [-0.1, -0.05) is 0 Å². The molecule has 0 unspecified atom stereocenters. The second-order valence-electron chi connectivity index (χ2n) is 3.18. The largest absolute Gasteiger partial charge is 0.321 e. The van der Waals surface area contributed by atoms with Crippen LogP contribution in [0.25, 0.3) is 0 Å². The topological polar surface area (TPSA) is 69.6 Å². The molecule has 2 aliphatic heterocycles. The van der Waals surface area contributed by atoms with Crippen LogP contribution in [0.3, 0.4) is 0 Å². The number of fused-ring (bicyclic) bond motifs is 1. The minimum Gasteiger partial charge on any atom is -0.321 e. The quantitative estimate of drug-likeness (QED) is 0.501. The SMILES string of the molecule is C1CC2CCCN2C1.[O-][Cl+2]([O-])O. The van der Waals surface area contributed by atoms with E-state index in [4.69, 9.17) is 14.0 Å². The number of halogens is 1. The van der Waals surface area contributed by atoms with Crippen LogP contribution in [0.1, 0.15) is 25.7 Å². The van der Waals surface area contributed by atoms with Gasteiger partial charge in [-0.2, -0.15) is 0 Å². The van der Waals surface area contributed by atoms with Crippen LogP contribution < -0.4 is 9.32 Å². The Bertz CT molecular complexity index is 111. The molecular formula is C7H14ClNO3. The molecule has 12 heavy (non-hydrogen) atoms. The van der Waals surface area contributed by atoms with E-state index < -0.39 is 10.8 Å². The normalized spacial score (nSPS) is 24.0. The number of nitrogens with zero attached hydrogens (tertiary/aromatic N) is 1. The van der Waals surface area contributed by atoms with E-state index >= 15 is 0 Å². The van der Waals surface area contributed by atoms with Gasteiger partial charge >= 0.3 is 0 Å². The Hall–Kier alpha value is 0.130. The van der Waals surface area contributed by atoms with E-state index in [-0.39, 0.29) is 0 Å². The Balaban J connectivity index is 0.000000157. The molecule has 5 heteroatoms. The number of rotatable bonds is 0. The zero-order chi connectivity index (χ0) is 8.97. The maximum absolute atomic E-state index is 8.52. The van der Waals surface area contributed by atoms with Crippen LogP contribution in [-0.4, -0.2) is 28.7 Å². The lowest BCUT2D eigenvalue weighted by Crippen LogP contribution is -2.30. The highest BCUT2D eigenvalue weighted by atomic mass is 35.6. The van der Waals surface area contributed by atoms with Crippen molar-refractivity contribution in [1.82, 2.24) is 4.90 Å². The van der Waals surface area contributed by atoms with Gasteiger partial charge in [-0.05, 0) is 38.8 Å². The summed E-state index contributed by atoms with van der Waals surface area (Å²) in [7, 11) is -2.60. The van der Waals surface area contributed by atoms with Crippen molar-refractivity contribution in [3.8, 4) is 0 Å². The second kappa shape index (κ2) is 4.99. The van der Waals surface area contributed by atoms with E-state index in [1.807, 2.05) is 0 Å². The Kier molecular flexibility index (Phi) is 4.25. The summed E-state index contributed by atoms with van der Waals surface area (Å²) in [5.41, 5.74) is 0. The molecule has 2 saturated heterocycles. The summed E-state index contributed by atoms with van der Waals surface area (Å²) in [5, 5.41) is 0. The van der Waals surface area contributed by atoms with Gasteiger partial charge in [-0.15, -0.1) is 0 Å². The van der Waals surface area contributed by atoms with E-state index in [9.17, 15) is 0 Å². The van der Waals surface area contributed by atoms with Gasteiger partial charge in [0, 0.05) is 10.7 Å². The molecule has 2 fully saturated rings. The van der Waals surface area contributed by atoms with Crippen LogP contribution >= 0.6 is 0 Å². The predicted octanol–water partition coefficient (Wildman–Crippen LogP) is -1.69. The fourth-order valence-electron chi connectivity index (χ4n) is 2.05. The third-order valence-electron chi connectivity index (χ3n) is 2.48. The highest BCUT2D eigenvalue weighted by Gasteiger charge is 2.27. The highest BCUT2D eigenvalue weighted by molar-refractivity contribution is 4.84. The van der Waals surface area contributed by atoms with Gasteiger partial charge in [0.1, 0.15) is 0 Å². The molecule has 2 aliphatic rings. The zero-order valence-corrected chi connectivity index (χ0v) is 7.66.